The number of hydrogen-bond donors (Lipinski definition) is 2. The molecule has 0 aromatic heterocycles. The van der Waals surface area contributed by atoms with E-state index in [-0.39, 0.29) is 5.56 Å². The van der Waals surface area contributed by atoms with Crippen LogP contribution >= 0.6 is 11.8 Å². The van der Waals surface area contributed by atoms with Gasteiger partial charge in [-0.15, -0.1) is 11.8 Å². The van der Waals surface area contributed by atoms with Gasteiger partial charge in [-0.1, -0.05) is 24.3 Å². The molecule has 0 saturated carbocycles. The molecule has 20 heavy (non-hydrogen) atoms. The topological polar surface area (TPSA) is 38.0 Å². The Kier molecular flexibility index (Phi) is 4.69. The van der Waals surface area contributed by atoms with Crippen LogP contribution in [0.25, 0.3) is 0 Å². The van der Waals surface area contributed by atoms with Crippen molar-refractivity contribution in [2.75, 3.05) is 6.26 Å². The molecule has 6 heteroatoms. The normalized spacial score (nSPS) is 12.4. The maximum atomic E-state index is 13.9. The molecule has 0 saturated heterocycles. The summed E-state index contributed by atoms with van der Waals surface area (Å²) in [4.78, 5) is 0.875. The van der Waals surface area contributed by atoms with E-state index in [4.69, 9.17) is 5.84 Å². The smallest absolute Gasteiger partial charge is 0.194 e. The van der Waals surface area contributed by atoms with E-state index >= 15 is 0 Å². The second-order valence-electron chi connectivity index (χ2n) is 4.11. The molecule has 0 amide bonds. The van der Waals surface area contributed by atoms with Crippen molar-refractivity contribution in [3.8, 4) is 0 Å². The van der Waals surface area contributed by atoms with Crippen LogP contribution in [0.3, 0.4) is 0 Å². The third kappa shape index (κ3) is 2.67. The number of benzene rings is 2. The third-order valence-electron chi connectivity index (χ3n) is 2.99. The van der Waals surface area contributed by atoms with Gasteiger partial charge in [-0.25, -0.2) is 18.6 Å². The SMILES string of the molecule is CSc1ccccc1C(NN)c1ccc(F)c(F)c1F. The fourth-order valence-corrected chi connectivity index (χ4v) is 2.65. The standard InChI is InChI=1S/C14H13F3N2S/c1-20-11-5-3-2-4-8(11)14(19-18)9-6-7-10(15)13(17)12(9)16/h2-7,14,19H,18H2,1H3. The second-order valence-corrected chi connectivity index (χ2v) is 4.95. The molecule has 0 bridgehead atoms. The Morgan fingerprint density at radius 1 is 1.00 bits per heavy atom. The lowest BCUT2D eigenvalue weighted by atomic mass is 9.98. The lowest BCUT2D eigenvalue weighted by Crippen LogP contribution is -2.30. The van der Waals surface area contributed by atoms with E-state index in [2.05, 4.69) is 5.43 Å². The maximum Gasteiger partial charge on any atom is 0.194 e. The van der Waals surface area contributed by atoms with E-state index in [0.717, 1.165) is 11.0 Å². The molecule has 106 valence electrons. The van der Waals surface area contributed by atoms with Crippen molar-refractivity contribution >= 4 is 11.8 Å². The summed E-state index contributed by atoms with van der Waals surface area (Å²) in [5.41, 5.74) is 3.12. The van der Waals surface area contributed by atoms with Gasteiger partial charge in [0.25, 0.3) is 0 Å². The Labute approximate surface area is 119 Å². The largest absolute Gasteiger partial charge is 0.271 e. The van der Waals surface area contributed by atoms with Crippen molar-refractivity contribution in [2.45, 2.75) is 10.9 Å². The molecule has 1 unspecified atom stereocenters. The van der Waals surface area contributed by atoms with Crippen LogP contribution in [0.1, 0.15) is 17.2 Å². The fraction of sp³-hybridized carbons (Fsp3) is 0.143. The Bertz CT molecular complexity index is 619. The van der Waals surface area contributed by atoms with Gasteiger partial charge in [0.1, 0.15) is 0 Å². The van der Waals surface area contributed by atoms with Crippen molar-refractivity contribution in [1.82, 2.24) is 5.43 Å². The lowest BCUT2D eigenvalue weighted by Gasteiger charge is -2.20. The molecule has 1 atom stereocenters. The van der Waals surface area contributed by atoms with E-state index in [0.29, 0.717) is 5.56 Å². The van der Waals surface area contributed by atoms with Gasteiger partial charge in [0.2, 0.25) is 0 Å². The van der Waals surface area contributed by atoms with Gasteiger partial charge in [-0.05, 0) is 24.0 Å². The minimum Gasteiger partial charge on any atom is -0.271 e. The zero-order chi connectivity index (χ0) is 14.7. The first kappa shape index (κ1) is 14.9. The number of rotatable bonds is 4. The highest BCUT2D eigenvalue weighted by Gasteiger charge is 2.23. The Morgan fingerprint density at radius 2 is 1.70 bits per heavy atom. The Morgan fingerprint density at radius 3 is 2.35 bits per heavy atom. The summed E-state index contributed by atoms with van der Waals surface area (Å²) < 4.78 is 40.3. The molecular formula is C14H13F3N2S. The lowest BCUT2D eigenvalue weighted by molar-refractivity contribution is 0.432. The number of thioether (sulfide) groups is 1. The summed E-state index contributed by atoms with van der Waals surface area (Å²) >= 11 is 1.46. The van der Waals surface area contributed by atoms with Gasteiger partial charge in [0.15, 0.2) is 17.5 Å². The van der Waals surface area contributed by atoms with Crippen LogP contribution < -0.4 is 11.3 Å². The summed E-state index contributed by atoms with van der Waals surface area (Å²) in [7, 11) is 0. The van der Waals surface area contributed by atoms with Gasteiger partial charge < -0.3 is 0 Å². The van der Waals surface area contributed by atoms with E-state index < -0.39 is 23.5 Å². The minimum absolute atomic E-state index is 0.0344. The molecule has 3 N–H and O–H groups in total. The quantitative estimate of drug-likeness (QED) is 0.393. The summed E-state index contributed by atoms with van der Waals surface area (Å²) in [6.45, 7) is 0. The van der Waals surface area contributed by atoms with Crippen LogP contribution in [0, 0.1) is 17.5 Å². The fourth-order valence-electron chi connectivity index (χ4n) is 2.02. The van der Waals surface area contributed by atoms with Crippen LogP contribution in [0.15, 0.2) is 41.3 Å². The molecule has 0 spiro atoms. The molecule has 0 heterocycles. The Hall–Kier alpha value is -1.50. The van der Waals surface area contributed by atoms with Crippen molar-refractivity contribution in [3.63, 3.8) is 0 Å². The van der Waals surface area contributed by atoms with Gasteiger partial charge in [0.05, 0.1) is 6.04 Å². The van der Waals surface area contributed by atoms with E-state index in [1.807, 2.05) is 18.4 Å². The summed E-state index contributed by atoms with van der Waals surface area (Å²) in [6, 6.07) is 8.55. The third-order valence-corrected chi connectivity index (χ3v) is 3.80. The molecule has 2 nitrogen and oxygen atoms in total. The van der Waals surface area contributed by atoms with Crippen LogP contribution in [-0.2, 0) is 0 Å². The first-order chi connectivity index (χ1) is 9.60. The van der Waals surface area contributed by atoms with Crippen LogP contribution in [0.2, 0.25) is 0 Å². The second kappa shape index (κ2) is 6.30. The van der Waals surface area contributed by atoms with Gasteiger partial charge in [0, 0.05) is 10.5 Å². The molecule has 2 rings (SSSR count). The summed E-state index contributed by atoms with van der Waals surface area (Å²) in [5.74, 6) is 1.52. The highest BCUT2D eigenvalue weighted by molar-refractivity contribution is 7.98. The van der Waals surface area contributed by atoms with Gasteiger partial charge in [-0.2, -0.15) is 0 Å². The Balaban J connectivity index is 2.56. The zero-order valence-electron chi connectivity index (χ0n) is 10.7. The molecule has 0 aliphatic rings. The molecule has 0 aliphatic heterocycles. The molecule has 2 aromatic carbocycles. The zero-order valence-corrected chi connectivity index (χ0v) is 11.5. The predicted molar refractivity (Wildman–Crippen MR) is 73.7 cm³/mol. The highest BCUT2D eigenvalue weighted by atomic mass is 32.2. The van der Waals surface area contributed by atoms with Crippen molar-refractivity contribution in [2.24, 2.45) is 5.84 Å². The first-order valence-corrected chi connectivity index (χ1v) is 7.05. The van der Waals surface area contributed by atoms with Crippen LogP contribution in [-0.4, -0.2) is 6.26 Å². The van der Waals surface area contributed by atoms with E-state index in [9.17, 15) is 13.2 Å². The molecule has 0 fully saturated rings. The van der Waals surface area contributed by atoms with Crippen molar-refractivity contribution in [3.05, 3.63) is 65.0 Å². The van der Waals surface area contributed by atoms with E-state index in [1.54, 1.807) is 12.1 Å². The number of nitrogens with one attached hydrogen (secondary N) is 1. The number of nitrogens with two attached hydrogens (primary N) is 1. The minimum atomic E-state index is -1.50. The van der Waals surface area contributed by atoms with Crippen LogP contribution in [0.4, 0.5) is 13.2 Å². The first-order valence-electron chi connectivity index (χ1n) is 5.82. The van der Waals surface area contributed by atoms with Crippen LogP contribution in [0.5, 0.6) is 0 Å². The summed E-state index contributed by atoms with van der Waals surface area (Å²) in [6.07, 6.45) is 1.87. The molecule has 2 aromatic rings. The van der Waals surface area contributed by atoms with E-state index in [1.165, 1.54) is 17.8 Å². The average molecular weight is 298 g/mol. The molecule has 0 radical (unpaired) electrons. The van der Waals surface area contributed by atoms with Crippen molar-refractivity contribution < 1.29 is 13.2 Å². The number of halogens is 3. The molecular weight excluding hydrogens is 285 g/mol. The number of hydrogen-bond acceptors (Lipinski definition) is 3. The summed E-state index contributed by atoms with van der Waals surface area (Å²) in [5, 5.41) is 0. The van der Waals surface area contributed by atoms with Gasteiger partial charge >= 0.3 is 0 Å². The number of hydrazine groups is 1. The highest BCUT2D eigenvalue weighted by Crippen LogP contribution is 2.31. The van der Waals surface area contributed by atoms with Gasteiger partial charge in [-0.3, -0.25) is 5.84 Å². The molecule has 0 aliphatic carbocycles. The predicted octanol–water partition coefficient (Wildman–Crippen LogP) is 3.38. The average Bonchev–Trinajstić information content (AvgIpc) is 2.48. The van der Waals surface area contributed by atoms with Crippen molar-refractivity contribution in [1.29, 1.82) is 0 Å². The maximum absolute atomic E-state index is 13.9. The monoisotopic (exact) mass is 298 g/mol.